The Bertz CT molecular complexity index is 186. The Hall–Kier alpha value is -0.290. The Morgan fingerprint density at radius 2 is 2.42 bits per heavy atom. The van der Waals surface area contributed by atoms with Gasteiger partial charge < -0.3 is 5.32 Å². The second kappa shape index (κ2) is 3.62. The molecular formula is C7H12FNO2S. The van der Waals surface area contributed by atoms with Crippen LogP contribution in [-0.2, 0) is 9.74 Å². The van der Waals surface area contributed by atoms with Crippen molar-refractivity contribution >= 4 is 17.7 Å². The highest BCUT2D eigenvalue weighted by Gasteiger charge is 2.39. The molecule has 1 saturated heterocycles. The molecule has 0 unspecified atom stereocenters. The zero-order valence-electron chi connectivity index (χ0n) is 7.09. The van der Waals surface area contributed by atoms with Crippen LogP contribution in [0.15, 0.2) is 0 Å². The average Bonchev–Trinajstić information content (AvgIpc) is 2.02. The first-order chi connectivity index (χ1) is 5.58. The molecule has 70 valence electrons. The van der Waals surface area contributed by atoms with E-state index >= 15 is 0 Å². The van der Waals surface area contributed by atoms with Gasteiger partial charge in [-0.05, 0) is 13.8 Å². The van der Waals surface area contributed by atoms with Gasteiger partial charge in [0, 0.05) is 21.6 Å². The third-order valence-corrected chi connectivity index (χ3v) is 3.32. The molecule has 0 aromatic heterocycles. The maximum atomic E-state index is 11.6. The van der Waals surface area contributed by atoms with Crippen LogP contribution in [-0.4, -0.2) is 29.1 Å². The molecule has 12 heavy (non-hydrogen) atoms. The lowest BCUT2D eigenvalue weighted by molar-refractivity contribution is -0.187. The summed E-state index contributed by atoms with van der Waals surface area (Å²) in [5.41, 5.74) is 0. The second-order valence-corrected chi connectivity index (χ2v) is 4.98. The van der Waals surface area contributed by atoms with E-state index in [4.69, 9.17) is 0 Å². The van der Waals surface area contributed by atoms with E-state index in [1.165, 1.54) is 0 Å². The molecule has 0 bridgehead atoms. The predicted octanol–water partition coefficient (Wildman–Crippen LogP) is 0.898. The molecule has 0 amide bonds. The maximum Gasteiger partial charge on any atom is 0.366 e. The lowest BCUT2D eigenvalue weighted by Gasteiger charge is -2.35. The zero-order chi connectivity index (χ0) is 9.19. The van der Waals surface area contributed by atoms with Crippen molar-refractivity contribution in [3.05, 3.63) is 0 Å². The van der Waals surface area contributed by atoms with E-state index in [0.29, 0.717) is 6.54 Å². The summed E-state index contributed by atoms with van der Waals surface area (Å²) in [5, 5.41) is 2.92. The minimum atomic E-state index is -0.827. The lowest BCUT2D eigenvalue weighted by atomic mass is 10.0. The van der Waals surface area contributed by atoms with E-state index in [2.05, 4.69) is 10.3 Å². The van der Waals surface area contributed by atoms with Gasteiger partial charge in [0.15, 0.2) is 0 Å². The summed E-state index contributed by atoms with van der Waals surface area (Å²) in [6, 6.07) is -0.541. The first-order valence-electron chi connectivity index (χ1n) is 3.77. The number of hydrogen-bond donors (Lipinski definition) is 1. The van der Waals surface area contributed by atoms with E-state index in [9.17, 15) is 9.32 Å². The second-order valence-electron chi connectivity index (χ2n) is 3.24. The van der Waals surface area contributed by atoms with Gasteiger partial charge in [-0.2, -0.15) is 11.8 Å². The molecule has 0 radical (unpaired) electrons. The molecule has 1 aliphatic rings. The molecule has 1 atom stereocenters. The molecule has 0 aromatic rings. The number of hydrogen-bond acceptors (Lipinski definition) is 4. The molecule has 0 aliphatic carbocycles. The quantitative estimate of drug-likeness (QED) is 0.671. The van der Waals surface area contributed by atoms with Crippen molar-refractivity contribution in [2.45, 2.75) is 24.6 Å². The number of thioether (sulfide) groups is 1. The molecule has 1 fully saturated rings. The van der Waals surface area contributed by atoms with Gasteiger partial charge in [0.25, 0.3) is 0 Å². The fraction of sp³-hybridized carbons (Fsp3) is 0.857. The number of carbonyl (C=O) groups is 1. The smallest absolute Gasteiger partial charge is 0.302 e. The summed E-state index contributed by atoms with van der Waals surface area (Å²) in [5.74, 6) is 0.107. The van der Waals surface area contributed by atoms with E-state index in [0.717, 1.165) is 5.75 Å². The molecule has 5 heteroatoms. The minimum Gasteiger partial charge on any atom is -0.302 e. The Labute approximate surface area is 74.9 Å². The standard InChI is InChI=1S/C7H12FNO2S/c1-7(2)5(6(10)11-8)9-3-4-12-7/h5,9H,3-4H2,1-2H3/t5-/m0/s1. The summed E-state index contributed by atoms with van der Waals surface area (Å²) in [6.45, 7) is 4.50. The van der Waals surface area contributed by atoms with Crippen LogP contribution < -0.4 is 5.32 Å². The van der Waals surface area contributed by atoms with Crippen molar-refractivity contribution in [1.82, 2.24) is 5.32 Å². The van der Waals surface area contributed by atoms with Gasteiger partial charge in [0.2, 0.25) is 0 Å². The highest BCUT2D eigenvalue weighted by Crippen LogP contribution is 2.31. The van der Waals surface area contributed by atoms with Crippen molar-refractivity contribution in [3.8, 4) is 0 Å². The van der Waals surface area contributed by atoms with E-state index in [-0.39, 0.29) is 4.75 Å². The zero-order valence-corrected chi connectivity index (χ0v) is 7.91. The predicted molar refractivity (Wildman–Crippen MR) is 45.5 cm³/mol. The van der Waals surface area contributed by atoms with Crippen LogP contribution in [0.25, 0.3) is 0 Å². The van der Waals surface area contributed by atoms with E-state index in [1.54, 1.807) is 11.8 Å². The van der Waals surface area contributed by atoms with Gasteiger partial charge in [-0.25, -0.2) is 4.79 Å². The number of carbonyl (C=O) groups excluding carboxylic acids is 1. The molecule has 1 N–H and O–H groups in total. The number of rotatable bonds is 1. The normalized spacial score (nSPS) is 28.1. The molecule has 0 saturated carbocycles. The van der Waals surface area contributed by atoms with E-state index in [1.807, 2.05) is 13.8 Å². The largest absolute Gasteiger partial charge is 0.366 e. The highest BCUT2D eigenvalue weighted by molar-refractivity contribution is 8.00. The SMILES string of the molecule is CC1(C)SCCN[C@H]1C(=O)OF. The fourth-order valence-electron chi connectivity index (χ4n) is 1.26. The van der Waals surface area contributed by atoms with Crippen molar-refractivity contribution in [3.63, 3.8) is 0 Å². The monoisotopic (exact) mass is 193 g/mol. The molecular weight excluding hydrogens is 181 g/mol. The summed E-state index contributed by atoms with van der Waals surface area (Å²) < 4.78 is 11.3. The summed E-state index contributed by atoms with van der Waals surface area (Å²) in [6.07, 6.45) is 0. The highest BCUT2D eigenvalue weighted by atomic mass is 32.2. The van der Waals surface area contributed by atoms with Crippen LogP contribution in [0.5, 0.6) is 0 Å². The third-order valence-electron chi connectivity index (χ3n) is 1.93. The number of halogens is 1. The molecule has 1 aliphatic heterocycles. The molecule has 1 rings (SSSR count). The third kappa shape index (κ3) is 1.90. The Kier molecular flexibility index (Phi) is 2.95. The summed E-state index contributed by atoms with van der Waals surface area (Å²) in [7, 11) is 0. The van der Waals surface area contributed by atoms with Crippen LogP contribution in [0.2, 0.25) is 0 Å². The van der Waals surface area contributed by atoms with Gasteiger partial charge in [0.05, 0.1) is 0 Å². The Morgan fingerprint density at radius 1 is 1.75 bits per heavy atom. The van der Waals surface area contributed by atoms with Crippen LogP contribution in [0.1, 0.15) is 13.8 Å². The Balaban J connectivity index is 2.66. The first kappa shape index (κ1) is 9.80. The van der Waals surface area contributed by atoms with Crippen molar-refractivity contribution in [2.75, 3.05) is 12.3 Å². The lowest BCUT2D eigenvalue weighted by Crippen LogP contribution is -2.54. The summed E-state index contributed by atoms with van der Waals surface area (Å²) >= 11 is 1.64. The van der Waals surface area contributed by atoms with Gasteiger partial charge in [-0.3, -0.25) is 4.94 Å². The van der Waals surface area contributed by atoms with Crippen molar-refractivity contribution in [2.24, 2.45) is 0 Å². The van der Waals surface area contributed by atoms with Crippen LogP contribution in [0, 0.1) is 0 Å². The van der Waals surface area contributed by atoms with Crippen LogP contribution >= 0.6 is 11.8 Å². The van der Waals surface area contributed by atoms with Gasteiger partial charge >= 0.3 is 5.97 Å². The van der Waals surface area contributed by atoms with Gasteiger partial charge in [-0.1, -0.05) is 0 Å². The van der Waals surface area contributed by atoms with Crippen molar-refractivity contribution < 1.29 is 14.3 Å². The van der Waals surface area contributed by atoms with Gasteiger partial charge in [-0.15, -0.1) is 0 Å². The molecule has 0 spiro atoms. The van der Waals surface area contributed by atoms with Crippen LogP contribution in [0.3, 0.4) is 0 Å². The topological polar surface area (TPSA) is 38.3 Å². The molecule has 0 aromatic carbocycles. The van der Waals surface area contributed by atoms with Crippen LogP contribution in [0.4, 0.5) is 4.53 Å². The van der Waals surface area contributed by atoms with E-state index < -0.39 is 12.0 Å². The fourth-order valence-corrected chi connectivity index (χ4v) is 2.35. The first-order valence-corrected chi connectivity index (χ1v) is 4.76. The number of nitrogens with one attached hydrogen (secondary N) is 1. The van der Waals surface area contributed by atoms with Gasteiger partial charge in [0.1, 0.15) is 6.04 Å². The average molecular weight is 193 g/mol. The maximum absolute atomic E-state index is 11.6. The molecule has 1 heterocycles. The van der Waals surface area contributed by atoms with Crippen molar-refractivity contribution in [1.29, 1.82) is 0 Å². The summed E-state index contributed by atoms with van der Waals surface area (Å²) in [4.78, 5) is 14.1. The Morgan fingerprint density at radius 3 is 2.92 bits per heavy atom. The minimum absolute atomic E-state index is 0.290. The molecule has 3 nitrogen and oxygen atoms in total.